The molecule has 0 unspecified atom stereocenters. The smallest absolute Gasteiger partial charge is 0.251 e. The summed E-state index contributed by atoms with van der Waals surface area (Å²) in [5, 5.41) is 12.4. The molecular weight excluding hydrogens is 348 g/mol. The van der Waals surface area contributed by atoms with Crippen molar-refractivity contribution in [3.63, 3.8) is 0 Å². The van der Waals surface area contributed by atoms with Crippen molar-refractivity contribution in [2.75, 3.05) is 0 Å². The fraction of sp³-hybridized carbons (Fsp3) is 0.333. The Bertz CT molecular complexity index is 869. The van der Waals surface area contributed by atoms with Crippen molar-refractivity contribution < 1.29 is 9.53 Å². The molecule has 3 rings (SSSR count). The molecule has 2 aromatic carbocycles. The molecule has 1 saturated carbocycles. The summed E-state index contributed by atoms with van der Waals surface area (Å²) in [6, 6.07) is 14.7. The van der Waals surface area contributed by atoms with Crippen LogP contribution in [-0.2, 0) is 0 Å². The highest BCUT2D eigenvalue weighted by Gasteiger charge is 2.50. The van der Waals surface area contributed by atoms with Crippen LogP contribution in [0.2, 0.25) is 5.02 Å². The van der Waals surface area contributed by atoms with Crippen LogP contribution in [0, 0.1) is 23.7 Å². The van der Waals surface area contributed by atoms with E-state index in [0.717, 1.165) is 12.0 Å². The third-order valence-corrected chi connectivity index (χ3v) is 5.45. The molecule has 0 aromatic heterocycles. The number of aryl methyl sites for hydroxylation is 1. The SMILES string of the molecule is Cc1ccc(C(=O)N[C@@H]2C[C@@H](Oc3ccc(C#N)c(Cl)c3)C2(C)C)cc1. The molecule has 0 spiro atoms. The number of nitriles is 1. The Morgan fingerprint density at radius 2 is 1.96 bits per heavy atom. The van der Waals surface area contributed by atoms with E-state index < -0.39 is 0 Å². The lowest BCUT2D eigenvalue weighted by molar-refractivity contribution is -0.0515. The van der Waals surface area contributed by atoms with E-state index in [-0.39, 0.29) is 23.5 Å². The molecule has 1 N–H and O–H groups in total. The first-order valence-electron chi connectivity index (χ1n) is 8.55. The van der Waals surface area contributed by atoms with Crippen molar-refractivity contribution in [2.24, 2.45) is 5.41 Å². The van der Waals surface area contributed by atoms with E-state index in [1.165, 1.54) is 0 Å². The number of halogens is 1. The molecule has 0 bridgehead atoms. The number of benzene rings is 2. The first kappa shape index (κ1) is 18.3. The molecule has 0 radical (unpaired) electrons. The van der Waals surface area contributed by atoms with Crippen LogP contribution in [-0.4, -0.2) is 18.1 Å². The molecule has 5 heteroatoms. The van der Waals surface area contributed by atoms with E-state index in [1.807, 2.05) is 37.3 Å². The van der Waals surface area contributed by atoms with E-state index in [2.05, 4.69) is 19.2 Å². The molecule has 0 aliphatic heterocycles. The second-order valence-corrected chi connectivity index (χ2v) is 7.72. The fourth-order valence-electron chi connectivity index (χ4n) is 3.10. The summed E-state index contributed by atoms with van der Waals surface area (Å²) in [6.45, 7) is 6.15. The van der Waals surface area contributed by atoms with Gasteiger partial charge in [-0.2, -0.15) is 5.26 Å². The highest BCUT2D eigenvalue weighted by molar-refractivity contribution is 6.31. The summed E-state index contributed by atoms with van der Waals surface area (Å²) in [5.41, 5.74) is 2.01. The van der Waals surface area contributed by atoms with Gasteiger partial charge in [0, 0.05) is 29.5 Å². The second kappa shape index (κ2) is 7.01. The maximum atomic E-state index is 12.4. The maximum Gasteiger partial charge on any atom is 0.251 e. The molecule has 0 saturated heterocycles. The Balaban J connectivity index is 1.62. The zero-order valence-electron chi connectivity index (χ0n) is 15.0. The van der Waals surface area contributed by atoms with Crippen LogP contribution in [0.3, 0.4) is 0 Å². The van der Waals surface area contributed by atoms with Gasteiger partial charge < -0.3 is 10.1 Å². The summed E-state index contributed by atoms with van der Waals surface area (Å²) in [7, 11) is 0. The minimum Gasteiger partial charge on any atom is -0.490 e. The highest BCUT2D eigenvalue weighted by atomic mass is 35.5. The molecule has 4 nitrogen and oxygen atoms in total. The molecular formula is C21H21ClN2O2. The van der Waals surface area contributed by atoms with E-state index in [1.54, 1.807) is 18.2 Å². The predicted molar refractivity (Wildman–Crippen MR) is 101 cm³/mol. The Hall–Kier alpha value is -2.51. The summed E-state index contributed by atoms with van der Waals surface area (Å²) in [6.07, 6.45) is 0.692. The quantitative estimate of drug-likeness (QED) is 0.864. The van der Waals surface area contributed by atoms with Crippen LogP contribution in [0.4, 0.5) is 0 Å². The normalized spacial score (nSPS) is 20.6. The van der Waals surface area contributed by atoms with Gasteiger partial charge in [-0.1, -0.05) is 43.1 Å². The van der Waals surface area contributed by atoms with Gasteiger partial charge >= 0.3 is 0 Å². The summed E-state index contributed by atoms with van der Waals surface area (Å²) in [5.74, 6) is 0.568. The lowest BCUT2D eigenvalue weighted by Gasteiger charge is -2.51. The van der Waals surface area contributed by atoms with Gasteiger partial charge in [-0.25, -0.2) is 0 Å². The standard InChI is InChI=1S/C21H21ClN2O2/c1-13-4-6-14(7-5-13)20(25)24-18-11-19(21(18,2)3)26-16-9-8-15(12-23)17(22)10-16/h4-10,18-19H,11H2,1-3H3,(H,24,25)/t18-,19-/m1/s1. The highest BCUT2D eigenvalue weighted by Crippen LogP contribution is 2.43. The average molecular weight is 369 g/mol. The van der Waals surface area contributed by atoms with Gasteiger partial charge in [0.2, 0.25) is 0 Å². The molecule has 1 aliphatic carbocycles. The first-order chi connectivity index (χ1) is 12.3. The fourth-order valence-corrected chi connectivity index (χ4v) is 3.31. The summed E-state index contributed by atoms with van der Waals surface area (Å²) < 4.78 is 6.03. The minimum absolute atomic E-state index is 0.0326. The number of carbonyl (C=O) groups excluding carboxylic acids is 1. The number of hydrogen-bond acceptors (Lipinski definition) is 3. The van der Waals surface area contributed by atoms with Crippen LogP contribution in [0.5, 0.6) is 5.75 Å². The van der Waals surface area contributed by atoms with Gasteiger partial charge in [-0.15, -0.1) is 0 Å². The molecule has 1 aliphatic rings. The largest absolute Gasteiger partial charge is 0.490 e. The number of rotatable bonds is 4. The number of ether oxygens (including phenoxy) is 1. The van der Waals surface area contributed by atoms with Gasteiger partial charge in [0.1, 0.15) is 17.9 Å². The van der Waals surface area contributed by atoms with Crippen molar-refractivity contribution in [2.45, 2.75) is 39.3 Å². The third-order valence-electron chi connectivity index (χ3n) is 5.14. The van der Waals surface area contributed by atoms with Crippen molar-refractivity contribution in [1.82, 2.24) is 5.32 Å². The van der Waals surface area contributed by atoms with E-state index >= 15 is 0 Å². The predicted octanol–water partition coefficient (Wildman–Crippen LogP) is 4.50. The molecule has 2 atom stereocenters. The third kappa shape index (κ3) is 3.54. The summed E-state index contributed by atoms with van der Waals surface area (Å²) in [4.78, 5) is 12.4. The lowest BCUT2D eigenvalue weighted by atomic mass is 9.64. The average Bonchev–Trinajstić information content (AvgIpc) is 2.61. The van der Waals surface area contributed by atoms with Gasteiger partial charge in [0.25, 0.3) is 5.91 Å². The molecule has 1 amide bonds. The number of nitrogens with zero attached hydrogens (tertiary/aromatic N) is 1. The molecule has 1 fully saturated rings. The zero-order chi connectivity index (χ0) is 18.9. The first-order valence-corrected chi connectivity index (χ1v) is 8.93. The van der Waals surface area contributed by atoms with Gasteiger partial charge in [-0.05, 0) is 31.2 Å². The number of nitrogens with one attached hydrogen (secondary N) is 1. The molecule has 0 heterocycles. The van der Waals surface area contributed by atoms with Crippen molar-refractivity contribution >= 4 is 17.5 Å². The van der Waals surface area contributed by atoms with Crippen molar-refractivity contribution in [1.29, 1.82) is 5.26 Å². The van der Waals surface area contributed by atoms with E-state index in [0.29, 0.717) is 21.9 Å². The number of hydrogen-bond donors (Lipinski definition) is 1. The van der Waals surface area contributed by atoms with Crippen LogP contribution in [0.1, 0.15) is 41.8 Å². The number of carbonyl (C=O) groups is 1. The van der Waals surface area contributed by atoms with Crippen LogP contribution in [0.15, 0.2) is 42.5 Å². The maximum absolute atomic E-state index is 12.4. The Morgan fingerprint density at radius 3 is 2.54 bits per heavy atom. The minimum atomic E-state index is -0.208. The number of amides is 1. The van der Waals surface area contributed by atoms with E-state index in [9.17, 15) is 4.79 Å². The summed E-state index contributed by atoms with van der Waals surface area (Å²) >= 11 is 6.06. The monoisotopic (exact) mass is 368 g/mol. The molecule has 134 valence electrons. The van der Waals surface area contributed by atoms with Gasteiger partial charge in [-0.3, -0.25) is 4.79 Å². The Kier molecular flexibility index (Phi) is 4.93. The van der Waals surface area contributed by atoms with Crippen molar-refractivity contribution in [3.05, 3.63) is 64.2 Å². The van der Waals surface area contributed by atoms with Gasteiger partial charge in [0.05, 0.1) is 10.6 Å². The topological polar surface area (TPSA) is 62.1 Å². The lowest BCUT2D eigenvalue weighted by Crippen LogP contribution is -2.63. The molecule has 2 aromatic rings. The van der Waals surface area contributed by atoms with E-state index in [4.69, 9.17) is 21.6 Å². The second-order valence-electron chi connectivity index (χ2n) is 7.31. The Morgan fingerprint density at radius 1 is 1.27 bits per heavy atom. The van der Waals surface area contributed by atoms with Gasteiger partial charge in [0.15, 0.2) is 0 Å². The van der Waals surface area contributed by atoms with Crippen molar-refractivity contribution in [3.8, 4) is 11.8 Å². The van der Waals surface area contributed by atoms with Crippen LogP contribution >= 0.6 is 11.6 Å². The van der Waals surface area contributed by atoms with Crippen LogP contribution in [0.25, 0.3) is 0 Å². The molecule has 26 heavy (non-hydrogen) atoms. The zero-order valence-corrected chi connectivity index (χ0v) is 15.8. The Labute approximate surface area is 158 Å². The van der Waals surface area contributed by atoms with Crippen LogP contribution < -0.4 is 10.1 Å².